The van der Waals surface area contributed by atoms with Gasteiger partial charge in [0.2, 0.25) is 0 Å². The second kappa shape index (κ2) is 7.11. The Morgan fingerprint density at radius 2 is 1.91 bits per heavy atom. The van der Waals surface area contributed by atoms with Crippen LogP contribution >= 0.6 is 0 Å². The molecule has 1 aromatic carbocycles. The van der Waals surface area contributed by atoms with E-state index in [-0.39, 0.29) is 11.5 Å². The molecule has 0 heterocycles. The molecule has 6 nitrogen and oxygen atoms in total. The van der Waals surface area contributed by atoms with Gasteiger partial charge in [-0.05, 0) is 51.8 Å². The Labute approximate surface area is 131 Å². The third kappa shape index (κ3) is 5.65. The van der Waals surface area contributed by atoms with Crippen molar-refractivity contribution in [2.75, 3.05) is 11.9 Å². The summed E-state index contributed by atoms with van der Waals surface area (Å²) in [7, 11) is -3.82. The molecule has 0 radical (unpaired) electrons. The predicted octanol–water partition coefficient (Wildman–Crippen LogP) is 3.46. The Kier molecular flexibility index (Phi) is 5.96. The highest BCUT2D eigenvalue weighted by Gasteiger charge is 2.19. The van der Waals surface area contributed by atoms with E-state index in [1.807, 2.05) is 6.92 Å². The van der Waals surface area contributed by atoms with Crippen LogP contribution in [-0.2, 0) is 19.0 Å². The summed E-state index contributed by atoms with van der Waals surface area (Å²) in [6, 6.07) is 4.42. The zero-order valence-electron chi connectivity index (χ0n) is 13.6. The van der Waals surface area contributed by atoms with Gasteiger partial charge in [0.15, 0.2) is 0 Å². The summed E-state index contributed by atoms with van der Waals surface area (Å²) in [6.07, 6.45) is -0.0479. The van der Waals surface area contributed by atoms with E-state index >= 15 is 0 Å². The molecule has 0 atom stereocenters. The average Bonchev–Trinajstić information content (AvgIpc) is 2.36. The van der Waals surface area contributed by atoms with Crippen LogP contribution in [0.5, 0.6) is 0 Å². The van der Waals surface area contributed by atoms with Crippen molar-refractivity contribution in [3.05, 3.63) is 23.8 Å². The maximum absolute atomic E-state index is 12.0. The number of hydrogen-bond acceptors (Lipinski definition) is 5. The smallest absolute Gasteiger partial charge is 0.412 e. The highest BCUT2D eigenvalue weighted by atomic mass is 32.2. The topological polar surface area (TPSA) is 81.7 Å². The third-order valence-corrected chi connectivity index (χ3v) is 3.88. The molecule has 22 heavy (non-hydrogen) atoms. The van der Waals surface area contributed by atoms with Gasteiger partial charge < -0.3 is 4.74 Å². The first-order valence-corrected chi connectivity index (χ1v) is 8.46. The van der Waals surface area contributed by atoms with Gasteiger partial charge in [-0.1, -0.05) is 13.0 Å². The minimum atomic E-state index is -3.82. The second-order valence-electron chi connectivity index (χ2n) is 5.88. The molecule has 1 aromatic rings. The quantitative estimate of drug-likeness (QED) is 0.837. The third-order valence-electron chi connectivity index (χ3n) is 2.58. The van der Waals surface area contributed by atoms with Crippen molar-refractivity contribution >= 4 is 21.9 Å². The van der Waals surface area contributed by atoms with Gasteiger partial charge in [0, 0.05) is 5.69 Å². The molecule has 1 N–H and O–H groups in total. The van der Waals surface area contributed by atoms with E-state index in [2.05, 4.69) is 5.32 Å². The lowest BCUT2D eigenvalue weighted by Crippen LogP contribution is -2.27. The summed E-state index contributed by atoms with van der Waals surface area (Å²) in [5.41, 5.74) is 0.460. The number of amides is 1. The van der Waals surface area contributed by atoms with Gasteiger partial charge >= 0.3 is 6.09 Å². The number of hydrogen-bond donors (Lipinski definition) is 1. The van der Waals surface area contributed by atoms with E-state index in [9.17, 15) is 13.2 Å². The van der Waals surface area contributed by atoms with Gasteiger partial charge in [0.1, 0.15) is 5.60 Å². The van der Waals surface area contributed by atoms with Gasteiger partial charge in [-0.2, -0.15) is 8.42 Å². The van der Waals surface area contributed by atoms with Crippen molar-refractivity contribution in [2.45, 2.75) is 51.5 Å². The van der Waals surface area contributed by atoms with Crippen molar-refractivity contribution in [3.8, 4) is 0 Å². The molecule has 0 saturated heterocycles. The summed E-state index contributed by atoms with van der Waals surface area (Å²) in [5.74, 6) is 0. The summed E-state index contributed by atoms with van der Waals surface area (Å²) in [4.78, 5) is 11.8. The number of nitrogens with one attached hydrogen (secondary N) is 1. The SMILES string of the molecule is CCCOS(=O)(=O)c1ccc(C)c(NC(=O)OC(C)(C)C)c1. The van der Waals surface area contributed by atoms with Gasteiger partial charge in [-0.15, -0.1) is 0 Å². The normalized spacial score (nSPS) is 12.0. The number of carbonyl (C=O) groups excluding carboxylic acids is 1. The largest absolute Gasteiger partial charge is 0.444 e. The van der Waals surface area contributed by atoms with E-state index in [1.165, 1.54) is 12.1 Å². The summed E-state index contributed by atoms with van der Waals surface area (Å²) in [5, 5.41) is 2.55. The van der Waals surface area contributed by atoms with Gasteiger partial charge in [0.05, 0.1) is 11.5 Å². The Morgan fingerprint density at radius 1 is 1.27 bits per heavy atom. The van der Waals surface area contributed by atoms with E-state index in [0.29, 0.717) is 12.1 Å². The lowest BCUT2D eigenvalue weighted by atomic mass is 10.2. The highest BCUT2D eigenvalue weighted by Crippen LogP contribution is 2.22. The molecule has 7 heteroatoms. The molecule has 1 amide bonds. The van der Waals surface area contributed by atoms with E-state index in [4.69, 9.17) is 8.92 Å². The lowest BCUT2D eigenvalue weighted by Gasteiger charge is -2.20. The molecule has 0 spiro atoms. The van der Waals surface area contributed by atoms with E-state index < -0.39 is 21.8 Å². The molecule has 0 aliphatic heterocycles. The number of benzene rings is 1. The molecule has 0 fully saturated rings. The standard InChI is InChI=1S/C15H23NO5S/c1-6-9-20-22(18,19)12-8-7-11(2)13(10-12)16-14(17)21-15(3,4)5/h7-8,10H,6,9H2,1-5H3,(H,16,17). The fourth-order valence-electron chi connectivity index (χ4n) is 1.57. The van der Waals surface area contributed by atoms with Gasteiger partial charge in [-0.25, -0.2) is 4.79 Å². The highest BCUT2D eigenvalue weighted by molar-refractivity contribution is 7.86. The summed E-state index contributed by atoms with van der Waals surface area (Å²) < 4.78 is 34.0. The van der Waals surface area contributed by atoms with Crippen molar-refractivity contribution in [1.29, 1.82) is 0 Å². The Hall–Kier alpha value is -1.60. The predicted molar refractivity (Wildman–Crippen MR) is 84.5 cm³/mol. The molecule has 0 aliphatic rings. The van der Waals surface area contributed by atoms with Crippen molar-refractivity contribution < 1.29 is 22.1 Å². The van der Waals surface area contributed by atoms with Gasteiger partial charge in [-0.3, -0.25) is 9.50 Å². The van der Waals surface area contributed by atoms with Crippen molar-refractivity contribution in [3.63, 3.8) is 0 Å². The van der Waals surface area contributed by atoms with Crippen LogP contribution in [0.4, 0.5) is 10.5 Å². The number of aryl methyl sites for hydroxylation is 1. The van der Waals surface area contributed by atoms with Crippen LogP contribution in [0.1, 0.15) is 39.7 Å². The van der Waals surface area contributed by atoms with E-state index in [0.717, 1.165) is 5.56 Å². The number of carbonyl (C=O) groups is 1. The minimum Gasteiger partial charge on any atom is -0.444 e. The molecule has 0 bridgehead atoms. The second-order valence-corrected chi connectivity index (χ2v) is 7.50. The first-order valence-electron chi connectivity index (χ1n) is 7.05. The van der Waals surface area contributed by atoms with Crippen molar-refractivity contribution in [1.82, 2.24) is 0 Å². The monoisotopic (exact) mass is 329 g/mol. The summed E-state index contributed by atoms with van der Waals surface area (Å²) >= 11 is 0. The van der Waals surface area contributed by atoms with Crippen LogP contribution in [0, 0.1) is 6.92 Å². The average molecular weight is 329 g/mol. The Balaban J connectivity index is 2.98. The number of rotatable bonds is 5. The van der Waals surface area contributed by atoms with Gasteiger partial charge in [0.25, 0.3) is 10.1 Å². The van der Waals surface area contributed by atoms with Crippen LogP contribution in [0.25, 0.3) is 0 Å². The molecule has 124 valence electrons. The molecule has 0 aliphatic carbocycles. The maximum Gasteiger partial charge on any atom is 0.412 e. The molecular weight excluding hydrogens is 306 g/mol. The molecular formula is C15H23NO5S. The van der Waals surface area contributed by atoms with Crippen LogP contribution in [0.2, 0.25) is 0 Å². The van der Waals surface area contributed by atoms with E-state index in [1.54, 1.807) is 33.8 Å². The Morgan fingerprint density at radius 3 is 2.45 bits per heavy atom. The molecule has 0 unspecified atom stereocenters. The maximum atomic E-state index is 12.0. The van der Waals surface area contributed by atoms with Crippen LogP contribution in [-0.4, -0.2) is 26.7 Å². The fraction of sp³-hybridized carbons (Fsp3) is 0.533. The molecule has 0 saturated carbocycles. The van der Waals surface area contributed by atoms with Crippen molar-refractivity contribution in [2.24, 2.45) is 0 Å². The zero-order valence-corrected chi connectivity index (χ0v) is 14.4. The zero-order chi connectivity index (χ0) is 17.0. The first kappa shape index (κ1) is 18.4. The number of anilines is 1. The number of ether oxygens (including phenoxy) is 1. The molecule has 1 rings (SSSR count). The van der Waals surface area contributed by atoms with Crippen LogP contribution in [0.15, 0.2) is 23.1 Å². The minimum absolute atomic E-state index is 0.00221. The molecule has 0 aromatic heterocycles. The summed E-state index contributed by atoms with van der Waals surface area (Å²) in [6.45, 7) is 8.94. The van der Waals surface area contributed by atoms with Crippen LogP contribution < -0.4 is 5.32 Å². The lowest BCUT2D eigenvalue weighted by molar-refractivity contribution is 0.0635. The first-order chi connectivity index (χ1) is 10.0. The fourth-order valence-corrected chi connectivity index (χ4v) is 2.59. The van der Waals surface area contributed by atoms with Crippen LogP contribution in [0.3, 0.4) is 0 Å². The Bertz CT molecular complexity index is 632.